The van der Waals surface area contributed by atoms with E-state index in [1.54, 1.807) is 37.4 Å². The van der Waals surface area contributed by atoms with Crippen LogP contribution in [-0.2, 0) is 0 Å². The van der Waals surface area contributed by atoms with Gasteiger partial charge in [0.1, 0.15) is 23.4 Å². The molecule has 1 aliphatic heterocycles. The number of benzene rings is 2. The molecular formula is C16H15FO3. The highest BCUT2D eigenvalue weighted by molar-refractivity contribution is 5.43. The van der Waals surface area contributed by atoms with Gasteiger partial charge in [0.25, 0.3) is 0 Å². The van der Waals surface area contributed by atoms with E-state index in [-0.39, 0.29) is 11.9 Å². The Balaban J connectivity index is 1.93. The number of fused-ring (bicyclic) bond motifs is 1. The van der Waals surface area contributed by atoms with Crippen molar-refractivity contribution in [2.75, 3.05) is 7.11 Å². The third kappa shape index (κ3) is 2.34. The Labute approximate surface area is 116 Å². The van der Waals surface area contributed by atoms with E-state index in [1.807, 2.05) is 0 Å². The number of rotatable bonds is 2. The molecule has 4 heteroatoms. The summed E-state index contributed by atoms with van der Waals surface area (Å²) in [5.41, 5.74) is 1.43. The van der Waals surface area contributed by atoms with Crippen molar-refractivity contribution in [3.8, 4) is 11.5 Å². The summed E-state index contributed by atoms with van der Waals surface area (Å²) in [6.07, 6.45) is -0.604. The largest absolute Gasteiger partial charge is 0.497 e. The summed E-state index contributed by atoms with van der Waals surface area (Å²) in [6.45, 7) is 0. The number of methoxy groups -OCH3 is 1. The Kier molecular flexibility index (Phi) is 3.32. The molecule has 0 radical (unpaired) electrons. The predicted octanol–water partition coefficient (Wildman–Crippen LogP) is 3.39. The molecule has 104 valence electrons. The zero-order chi connectivity index (χ0) is 14.1. The highest BCUT2D eigenvalue weighted by Crippen LogP contribution is 2.42. The normalized spacial score (nSPS) is 20.9. The Morgan fingerprint density at radius 2 is 2.10 bits per heavy atom. The molecule has 1 heterocycles. The molecule has 2 atom stereocenters. The quantitative estimate of drug-likeness (QED) is 0.912. The number of hydrogen-bond acceptors (Lipinski definition) is 3. The molecule has 0 saturated heterocycles. The van der Waals surface area contributed by atoms with Gasteiger partial charge in [-0.15, -0.1) is 0 Å². The van der Waals surface area contributed by atoms with Gasteiger partial charge in [-0.2, -0.15) is 0 Å². The zero-order valence-electron chi connectivity index (χ0n) is 11.0. The van der Waals surface area contributed by atoms with Crippen molar-refractivity contribution in [1.82, 2.24) is 0 Å². The fraction of sp³-hybridized carbons (Fsp3) is 0.250. The van der Waals surface area contributed by atoms with E-state index in [2.05, 4.69) is 0 Å². The van der Waals surface area contributed by atoms with Gasteiger partial charge < -0.3 is 14.6 Å². The Morgan fingerprint density at radius 1 is 1.25 bits per heavy atom. The van der Waals surface area contributed by atoms with Gasteiger partial charge in [0.2, 0.25) is 0 Å². The Hall–Kier alpha value is -2.07. The SMILES string of the molecule is COc1ccc2c(c1)[C@H](O)CC(c1cccc(F)c1)O2. The summed E-state index contributed by atoms with van der Waals surface area (Å²) >= 11 is 0. The topological polar surface area (TPSA) is 38.7 Å². The van der Waals surface area contributed by atoms with Crippen molar-refractivity contribution in [2.45, 2.75) is 18.6 Å². The van der Waals surface area contributed by atoms with Gasteiger partial charge in [-0.25, -0.2) is 4.39 Å². The number of aliphatic hydroxyl groups is 1. The van der Waals surface area contributed by atoms with Crippen LogP contribution in [0.5, 0.6) is 11.5 Å². The highest BCUT2D eigenvalue weighted by atomic mass is 19.1. The predicted molar refractivity (Wildman–Crippen MR) is 72.3 cm³/mol. The van der Waals surface area contributed by atoms with Crippen LogP contribution in [0, 0.1) is 5.82 Å². The van der Waals surface area contributed by atoms with E-state index in [1.165, 1.54) is 12.1 Å². The second-order valence-corrected chi connectivity index (χ2v) is 4.82. The second kappa shape index (κ2) is 5.13. The summed E-state index contributed by atoms with van der Waals surface area (Å²) in [4.78, 5) is 0. The molecule has 0 bridgehead atoms. The molecule has 20 heavy (non-hydrogen) atoms. The molecule has 0 fully saturated rings. The van der Waals surface area contributed by atoms with Gasteiger partial charge in [0.05, 0.1) is 13.2 Å². The molecule has 0 spiro atoms. The van der Waals surface area contributed by atoms with E-state index in [0.717, 1.165) is 5.56 Å². The third-order valence-corrected chi connectivity index (χ3v) is 3.50. The molecular weight excluding hydrogens is 259 g/mol. The first kappa shape index (κ1) is 12.9. The van der Waals surface area contributed by atoms with Crippen LogP contribution < -0.4 is 9.47 Å². The lowest BCUT2D eigenvalue weighted by molar-refractivity contribution is 0.0653. The number of ether oxygens (including phenoxy) is 2. The van der Waals surface area contributed by atoms with E-state index in [4.69, 9.17) is 9.47 Å². The summed E-state index contributed by atoms with van der Waals surface area (Å²) < 4.78 is 24.3. The monoisotopic (exact) mass is 274 g/mol. The first-order valence-corrected chi connectivity index (χ1v) is 6.45. The lowest BCUT2D eigenvalue weighted by atomic mass is 9.95. The minimum atomic E-state index is -0.651. The molecule has 3 nitrogen and oxygen atoms in total. The lowest BCUT2D eigenvalue weighted by Gasteiger charge is -2.30. The second-order valence-electron chi connectivity index (χ2n) is 4.82. The van der Waals surface area contributed by atoms with Crippen molar-refractivity contribution in [1.29, 1.82) is 0 Å². The Morgan fingerprint density at radius 3 is 2.85 bits per heavy atom. The number of aliphatic hydroxyl groups excluding tert-OH is 1. The first-order chi connectivity index (χ1) is 9.67. The molecule has 1 N–H and O–H groups in total. The zero-order valence-corrected chi connectivity index (χ0v) is 11.0. The summed E-state index contributed by atoms with van der Waals surface area (Å²) in [6, 6.07) is 11.6. The third-order valence-electron chi connectivity index (χ3n) is 3.50. The lowest BCUT2D eigenvalue weighted by Crippen LogP contribution is -2.19. The van der Waals surface area contributed by atoms with Crippen LogP contribution in [0.2, 0.25) is 0 Å². The van der Waals surface area contributed by atoms with Crippen molar-refractivity contribution in [2.24, 2.45) is 0 Å². The average molecular weight is 274 g/mol. The fourth-order valence-electron chi connectivity index (χ4n) is 2.46. The molecule has 3 rings (SSSR count). The van der Waals surface area contributed by atoms with E-state index >= 15 is 0 Å². The van der Waals surface area contributed by atoms with Gasteiger partial charge >= 0.3 is 0 Å². The van der Waals surface area contributed by atoms with Crippen LogP contribution in [0.15, 0.2) is 42.5 Å². The van der Waals surface area contributed by atoms with Gasteiger partial charge in [0.15, 0.2) is 0 Å². The van der Waals surface area contributed by atoms with Crippen molar-refractivity contribution in [3.63, 3.8) is 0 Å². The molecule has 2 aromatic rings. The van der Waals surface area contributed by atoms with E-state index < -0.39 is 6.10 Å². The van der Waals surface area contributed by atoms with Gasteiger partial charge in [0, 0.05) is 12.0 Å². The van der Waals surface area contributed by atoms with Crippen LogP contribution in [0.1, 0.15) is 29.8 Å². The number of halogens is 1. The van der Waals surface area contributed by atoms with Crippen molar-refractivity contribution < 1.29 is 19.0 Å². The molecule has 2 aromatic carbocycles. The van der Waals surface area contributed by atoms with Gasteiger partial charge in [-0.05, 0) is 35.9 Å². The molecule has 1 unspecified atom stereocenters. The molecule has 0 saturated carbocycles. The summed E-state index contributed by atoms with van der Waals surface area (Å²) in [5.74, 6) is 0.982. The smallest absolute Gasteiger partial charge is 0.127 e. The van der Waals surface area contributed by atoms with Crippen LogP contribution in [0.3, 0.4) is 0 Å². The summed E-state index contributed by atoms with van der Waals surface area (Å²) in [5, 5.41) is 10.3. The minimum absolute atomic E-state index is 0.305. The van der Waals surface area contributed by atoms with Gasteiger partial charge in [-0.1, -0.05) is 12.1 Å². The van der Waals surface area contributed by atoms with Crippen molar-refractivity contribution in [3.05, 3.63) is 59.4 Å². The molecule has 1 aliphatic rings. The number of hydrogen-bond donors (Lipinski definition) is 1. The maximum Gasteiger partial charge on any atom is 0.127 e. The van der Waals surface area contributed by atoms with Crippen LogP contribution in [0.25, 0.3) is 0 Å². The van der Waals surface area contributed by atoms with Crippen LogP contribution in [0.4, 0.5) is 4.39 Å². The molecule has 0 aliphatic carbocycles. The van der Waals surface area contributed by atoms with Crippen LogP contribution >= 0.6 is 0 Å². The van der Waals surface area contributed by atoms with E-state index in [9.17, 15) is 9.50 Å². The molecule has 0 aromatic heterocycles. The van der Waals surface area contributed by atoms with Crippen LogP contribution in [-0.4, -0.2) is 12.2 Å². The van der Waals surface area contributed by atoms with E-state index in [0.29, 0.717) is 23.5 Å². The maximum atomic E-state index is 13.3. The highest BCUT2D eigenvalue weighted by Gasteiger charge is 2.28. The standard InChI is InChI=1S/C16H15FO3/c1-19-12-5-6-15-13(8-12)14(18)9-16(20-15)10-3-2-4-11(17)7-10/h2-8,14,16,18H,9H2,1H3/t14-,16?/m1/s1. The molecule has 0 amide bonds. The minimum Gasteiger partial charge on any atom is -0.497 e. The Bertz CT molecular complexity index is 627. The maximum absolute atomic E-state index is 13.3. The average Bonchev–Trinajstić information content (AvgIpc) is 2.47. The van der Waals surface area contributed by atoms with Gasteiger partial charge in [-0.3, -0.25) is 0 Å². The fourth-order valence-corrected chi connectivity index (χ4v) is 2.46. The summed E-state index contributed by atoms with van der Waals surface area (Å²) in [7, 11) is 1.58. The van der Waals surface area contributed by atoms with Crippen molar-refractivity contribution >= 4 is 0 Å². The first-order valence-electron chi connectivity index (χ1n) is 6.45.